The Morgan fingerprint density at radius 2 is 1.41 bits per heavy atom. The van der Waals surface area contributed by atoms with Crippen LogP contribution in [0.2, 0.25) is 0 Å². The molecule has 1 saturated carbocycles. The normalized spacial score (nSPS) is 24.3. The summed E-state index contributed by atoms with van der Waals surface area (Å²) >= 11 is 0. The molecule has 3 aliphatic rings. The van der Waals surface area contributed by atoms with Crippen LogP contribution in [0, 0.1) is 11.8 Å². The van der Waals surface area contributed by atoms with Crippen molar-refractivity contribution in [3.05, 3.63) is 0 Å². The molecule has 2 heterocycles. The molecular weight excluding hydrogens is 338 g/mol. The van der Waals surface area contributed by atoms with E-state index in [-0.39, 0.29) is 0 Å². The average molecular weight is 386 g/mol. The van der Waals surface area contributed by atoms with Gasteiger partial charge >= 0.3 is 0 Å². The lowest BCUT2D eigenvalue weighted by Gasteiger charge is -2.43. The van der Waals surface area contributed by atoms with E-state index in [0.29, 0.717) is 6.04 Å². The summed E-state index contributed by atoms with van der Waals surface area (Å²) < 4.78 is 0. The lowest BCUT2D eigenvalue weighted by Crippen LogP contribution is -2.55. The Labute approximate surface area is 169 Å². The number of carbonyl (C=O) groups excluding carboxylic acids is 2. The zero-order valence-corrected chi connectivity index (χ0v) is 19.0. The molecule has 1 N–H and O–H groups in total. The molecule has 0 aromatic heterocycles. The van der Waals surface area contributed by atoms with Crippen LogP contribution in [0.4, 0.5) is 0 Å². The molecule has 2 saturated heterocycles. The zero-order chi connectivity index (χ0) is 21.2. The molecule has 5 nitrogen and oxygen atoms in total. The zero-order valence-electron chi connectivity index (χ0n) is 19.0. The number of nitrogens with one attached hydrogen (secondary N) is 1. The average Bonchev–Trinajstić information content (AvgIpc) is 3.49. The van der Waals surface area contributed by atoms with Crippen LogP contribution in [-0.2, 0) is 9.59 Å². The highest BCUT2D eigenvalue weighted by Crippen LogP contribution is 2.26. The van der Waals surface area contributed by atoms with Crippen LogP contribution in [0.5, 0.6) is 0 Å². The third-order valence-electron chi connectivity index (χ3n) is 5.39. The van der Waals surface area contributed by atoms with Crippen LogP contribution >= 0.6 is 0 Å². The van der Waals surface area contributed by atoms with Gasteiger partial charge in [0.05, 0.1) is 0 Å². The van der Waals surface area contributed by atoms with E-state index in [4.69, 9.17) is 9.59 Å². The van der Waals surface area contributed by atoms with Crippen LogP contribution in [0.25, 0.3) is 0 Å². The second kappa shape index (κ2) is 18.6. The highest BCUT2D eigenvalue weighted by Gasteiger charge is 2.30. The Balaban J connectivity index is 0. The highest BCUT2D eigenvalue weighted by atomic mass is 16.1. The van der Waals surface area contributed by atoms with Crippen molar-refractivity contribution in [2.75, 3.05) is 39.8 Å². The Kier molecular flexibility index (Phi) is 19.6. The third-order valence-corrected chi connectivity index (χ3v) is 5.39. The van der Waals surface area contributed by atoms with Gasteiger partial charge in [-0.1, -0.05) is 40.0 Å². The molecule has 0 bridgehead atoms. The summed E-state index contributed by atoms with van der Waals surface area (Å²) in [5.74, 6) is 2.00. The minimum Gasteiger partial charge on any atom is -0.314 e. The Morgan fingerprint density at radius 3 is 1.78 bits per heavy atom. The molecule has 0 unspecified atom stereocenters. The molecule has 0 amide bonds. The predicted octanol–water partition coefficient (Wildman–Crippen LogP) is 3.47. The molecule has 0 spiro atoms. The molecule has 2 atom stereocenters. The van der Waals surface area contributed by atoms with Crippen molar-refractivity contribution in [1.29, 1.82) is 0 Å². The quantitative estimate of drug-likeness (QED) is 0.789. The molecule has 3 rings (SSSR count). The van der Waals surface area contributed by atoms with Crippen LogP contribution in [0.3, 0.4) is 0 Å². The molecule has 162 valence electrons. The van der Waals surface area contributed by atoms with Gasteiger partial charge in [0.15, 0.2) is 0 Å². The van der Waals surface area contributed by atoms with Crippen molar-refractivity contribution in [2.45, 2.75) is 78.8 Å². The number of hydrogen-bond acceptors (Lipinski definition) is 5. The third kappa shape index (κ3) is 14.0. The molecular formula is C22H47N3O2. The SMILES string of the molecule is C=O.C=O.CC1CC1.CCC.C[C@H]1CNCCN1[C@@H](C)C1CCN(C)CC1. The standard InChI is InChI=1S/C13H27N3.C4H8.C3H8.2CH2O/c1-11-10-14-6-9-16(11)12(2)13-4-7-15(3)8-5-13;1-4-2-3-4;1-3-2;2*1-2/h11-14H,4-10H2,1-3H3;4H,2-3H2,1H3;3H2,1-2H3;2*1H2/t11-,12-;;;;/m0..../s1. The van der Waals surface area contributed by atoms with Crippen molar-refractivity contribution < 1.29 is 9.59 Å². The van der Waals surface area contributed by atoms with Gasteiger partial charge in [-0.2, -0.15) is 0 Å². The molecule has 1 aliphatic carbocycles. The smallest absolute Gasteiger partial charge is 0.106 e. The first-order valence-corrected chi connectivity index (χ1v) is 10.7. The summed E-state index contributed by atoms with van der Waals surface area (Å²) in [6.45, 7) is 21.5. The molecule has 3 fully saturated rings. The fourth-order valence-corrected chi connectivity index (χ4v) is 3.41. The number of hydrogen-bond donors (Lipinski definition) is 1. The molecule has 5 heteroatoms. The second-order valence-corrected chi connectivity index (χ2v) is 8.06. The van der Waals surface area contributed by atoms with Crippen LogP contribution in [0.15, 0.2) is 0 Å². The van der Waals surface area contributed by atoms with E-state index < -0.39 is 0 Å². The topological polar surface area (TPSA) is 52.7 Å². The fourth-order valence-electron chi connectivity index (χ4n) is 3.41. The minimum absolute atomic E-state index is 0.711. The van der Waals surface area contributed by atoms with E-state index in [1.54, 1.807) is 0 Å². The van der Waals surface area contributed by atoms with Crippen molar-refractivity contribution in [3.8, 4) is 0 Å². The van der Waals surface area contributed by atoms with Gasteiger partial charge in [0.25, 0.3) is 0 Å². The first-order chi connectivity index (χ1) is 13.0. The van der Waals surface area contributed by atoms with Gasteiger partial charge in [-0.3, -0.25) is 4.90 Å². The molecule has 0 aromatic carbocycles. The highest BCUT2D eigenvalue weighted by molar-refractivity contribution is 5.11. The summed E-state index contributed by atoms with van der Waals surface area (Å²) in [4.78, 5) is 21.2. The fraction of sp³-hybridized carbons (Fsp3) is 0.909. The van der Waals surface area contributed by atoms with Gasteiger partial charge in [-0.05, 0) is 58.7 Å². The maximum absolute atomic E-state index is 8.00. The summed E-state index contributed by atoms with van der Waals surface area (Å²) in [6, 6.07) is 1.48. The lowest BCUT2D eigenvalue weighted by molar-refractivity contribution is -0.0987. The summed E-state index contributed by atoms with van der Waals surface area (Å²) in [7, 11) is 2.24. The monoisotopic (exact) mass is 385 g/mol. The maximum Gasteiger partial charge on any atom is 0.106 e. The molecule has 0 aromatic rings. The van der Waals surface area contributed by atoms with Gasteiger partial charge in [-0.25, -0.2) is 0 Å². The van der Waals surface area contributed by atoms with E-state index in [9.17, 15) is 0 Å². The van der Waals surface area contributed by atoms with Gasteiger partial charge in [0, 0.05) is 31.7 Å². The maximum atomic E-state index is 8.00. The minimum atomic E-state index is 0.711. The number of piperidine rings is 1. The van der Waals surface area contributed by atoms with Crippen LogP contribution < -0.4 is 5.32 Å². The number of piperazine rings is 1. The van der Waals surface area contributed by atoms with Crippen molar-refractivity contribution >= 4 is 13.6 Å². The number of nitrogens with zero attached hydrogens (tertiary/aromatic N) is 2. The van der Waals surface area contributed by atoms with Crippen LogP contribution in [-0.4, -0.2) is 75.2 Å². The molecule has 27 heavy (non-hydrogen) atoms. The van der Waals surface area contributed by atoms with Gasteiger partial charge in [-0.15, -0.1) is 0 Å². The van der Waals surface area contributed by atoms with E-state index in [1.165, 1.54) is 58.3 Å². The largest absolute Gasteiger partial charge is 0.314 e. The van der Waals surface area contributed by atoms with Crippen LogP contribution in [0.1, 0.15) is 66.7 Å². The Morgan fingerprint density at radius 1 is 0.963 bits per heavy atom. The summed E-state index contributed by atoms with van der Waals surface area (Å²) in [5, 5.41) is 3.48. The number of rotatable bonds is 2. The number of likely N-dealkylation sites (tertiary alicyclic amines) is 1. The molecule has 0 radical (unpaired) electrons. The predicted molar refractivity (Wildman–Crippen MR) is 117 cm³/mol. The van der Waals surface area contributed by atoms with E-state index in [2.05, 4.69) is 56.8 Å². The van der Waals surface area contributed by atoms with Gasteiger partial charge in [0.2, 0.25) is 0 Å². The Bertz CT molecular complexity index is 317. The first-order valence-electron chi connectivity index (χ1n) is 10.7. The van der Waals surface area contributed by atoms with Gasteiger partial charge in [0.1, 0.15) is 13.6 Å². The lowest BCUT2D eigenvalue weighted by atomic mass is 9.88. The molecule has 2 aliphatic heterocycles. The second-order valence-electron chi connectivity index (χ2n) is 8.06. The van der Waals surface area contributed by atoms with E-state index in [1.807, 2.05) is 13.6 Å². The van der Waals surface area contributed by atoms with Crippen molar-refractivity contribution in [1.82, 2.24) is 15.1 Å². The Hall–Kier alpha value is -0.780. The van der Waals surface area contributed by atoms with Gasteiger partial charge < -0.3 is 19.8 Å². The van der Waals surface area contributed by atoms with Crippen molar-refractivity contribution in [3.63, 3.8) is 0 Å². The summed E-state index contributed by atoms with van der Waals surface area (Å²) in [5.41, 5.74) is 0. The van der Waals surface area contributed by atoms with Crippen molar-refractivity contribution in [2.24, 2.45) is 11.8 Å². The van der Waals surface area contributed by atoms with E-state index in [0.717, 1.165) is 24.4 Å². The summed E-state index contributed by atoms with van der Waals surface area (Å²) in [6.07, 6.45) is 6.99. The first kappa shape index (κ1) is 28.4. The number of carbonyl (C=O) groups is 2. The van der Waals surface area contributed by atoms with E-state index >= 15 is 0 Å².